The number of nitrogens with zero attached hydrogens (tertiary/aromatic N) is 2. The maximum Gasteiger partial charge on any atom is 0.0755 e. The second-order valence-electron chi connectivity index (χ2n) is 4.61. The van der Waals surface area contributed by atoms with Crippen LogP contribution in [0, 0.1) is 6.92 Å². The fourth-order valence-electron chi connectivity index (χ4n) is 2.14. The number of hydrogen-bond donors (Lipinski definition) is 2. The summed E-state index contributed by atoms with van der Waals surface area (Å²) in [6.07, 6.45) is 4.89. The number of aryl methyl sites for hydroxylation is 2. The number of benzene rings is 1. The molecule has 0 amide bonds. The van der Waals surface area contributed by atoms with E-state index in [-0.39, 0.29) is 6.04 Å². The Morgan fingerprint density at radius 1 is 1.47 bits per heavy atom. The average Bonchev–Trinajstić information content (AvgIpc) is 2.84. The van der Waals surface area contributed by atoms with Crippen molar-refractivity contribution in [3.63, 3.8) is 0 Å². The molecular weight excluding hydrogens is 260 g/mol. The number of rotatable bonds is 5. The molecule has 0 fully saturated rings. The van der Waals surface area contributed by atoms with Crippen LogP contribution < -0.4 is 11.3 Å². The second kappa shape index (κ2) is 6.19. The molecule has 1 aromatic carbocycles. The van der Waals surface area contributed by atoms with Gasteiger partial charge in [-0.05, 0) is 24.5 Å². The minimum absolute atomic E-state index is 0.141. The summed E-state index contributed by atoms with van der Waals surface area (Å²) in [7, 11) is 0. The molecule has 1 unspecified atom stereocenters. The summed E-state index contributed by atoms with van der Waals surface area (Å²) in [5, 5.41) is 5.07. The Bertz CT molecular complexity index is 550. The van der Waals surface area contributed by atoms with Gasteiger partial charge < -0.3 is 0 Å². The first-order valence-corrected chi connectivity index (χ1v) is 6.78. The molecule has 0 saturated carbocycles. The van der Waals surface area contributed by atoms with Crippen LogP contribution >= 0.6 is 11.6 Å². The molecule has 3 N–H and O–H groups in total. The monoisotopic (exact) mass is 278 g/mol. The highest BCUT2D eigenvalue weighted by atomic mass is 35.5. The van der Waals surface area contributed by atoms with Gasteiger partial charge in [-0.3, -0.25) is 10.5 Å². The molecule has 1 atom stereocenters. The maximum absolute atomic E-state index is 6.36. The Kier molecular flexibility index (Phi) is 4.58. The van der Waals surface area contributed by atoms with Gasteiger partial charge in [0.1, 0.15) is 0 Å². The van der Waals surface area contributed by atoms with E-state index in [9.17, 15) is 0 Å². The molecule has 2 rings (SSSR count). The SMILES string of the molecule is CCCn1cc(C(NN)c2cccc(C)c2Cl)cn1. The van der Waals surface area contributed by atoms with Crippen LogP contribution in [0.5, 0.6) is 0 Å². The first-order valence-electron chi connectivity index (χ1n) is 6.40. The number of nitrogens with one attached hydrogen (secondary N) is 1. The lowest BCUT2D eigenvalue weighted by molar-refractivity contribution is 0.598. The normalized spacial score (nSPS) is 12.6. The van der Waals surface area contributed by atoms with Gasteiger partial charge in [0.2, 0.25) is 0 Å². The molecule has 0 aliphatic heterocycles. The lowest BCUT2D eigenvalue weighted by Crippen LogP contribution is -2.29. The van der Waals surface area contributed by atoms with Crippen molar-refractivity contribution in [3.05, 3.63) is 52.3 Å². The van der Waals surface area contributed by atoms with Crippen LogP contribution in [0.4, 0.5) is 0 Å². The third-order valence-corrected chi connectivity index (χ3v) is 3.65. The lowest BCUT2D eigenvalue weighted by atomic mass is 10.0. The van der Waals surface area contributed by atoms with E-state index in [4.69, 9.17) is 17.4 Å². The van der Waals surface area contributed by atoms with Gasteiger partial charge in [-0.25, -0.2) is 5.43 Å². The van der Waals surface area contributed by atoms with Gasteiger partial charge in [-0.1, -0.05) is 36.7 Å². The zero-order chi connectivity index (χ0) is 13.8. The number of hydrazine groups is 1. The lowest BCUT2D eigenvalue weighted by Gasteiger charge is -2.17. The molecule has 2 aromatic rings. The van der Waals surface area contributed by atoms with Crippen molar-refractivity contribution < 1.29 is 0 Å². The van der Waals surface area contributed by atoms with E-state index in [0.717, 1.165) is 34.7 Å². The van der Waals surface area contributed by atoms with Crippen LogP contribution in [0.1, 0.15) is 36.1 Å². The molecule has 0 aliphatic carbocycles. The summed E-state index contributed by atoms with van der Waals surface area (Å²) in [4.78, 5) is 0. The predicted octanol–water partition coefficient (Wildman–Crippen LogP) is 2.81. The van der Waals surface area contributed by atoms with E-state index in [1.807, 2.05) is 42.2 Å². The first kappa shape index (κ1) is 14.1. The molecule has 102 valence electrons. The third kappa shape index (κ3) is 2.97. The Labute approximate surface area is 118 Å². The van der Waals surface area contributed by atoms with Crippen LogP contribution in [0.3, 0.4) is 0 Å². The number of hydrogen-bond acceptors (Lipinski definition) is 3. The van der Waals surface area contributed by atoms with Gasteiger partial charge in [-0.2, -0.15) is 5.10 Å². The third-order valence-electron chi connectivity index (χ3n) is 3.14. The van der Waals surface area contributed by atoms with E-state index in [1.54, 1.807) is 0 Å². The molecule has 4 nitrogen and oxygen atoms in total. The van der Waals surface area contributed by atoms with Crippen LogP contribution in [0.2, 0.25) is 5.02 Å². The average molecular weight is 279 g/mol. The number of halogens is 1. The molecule has 0 bridgehead atoms. The van der Waals surface area contributed by atoms with Crippen molar-refractivity contribution in [2.45, 2.75) is 32.9 Å². The first-order chi connectivity index (χ1) is 9.17. The van der Waals surface area contributed by atoms with Gasteiger partial charge >= 0.3 is 0 Å². The molecule has 0 spiro atoms. The Morgan fingerprint density at radius 3 is 2.95 bits per heavy atom. The summed E-state index contributed by atoms with van der Waals surface area (Å²) in [5.41, 5.74) is 5.85. The maximum atomic E-state index is 6.36. The fourth-order valence-corrected chi connectivity index (χ4v) is 2.37. The Morgan fingerprint density at radius 2 is 2.26 bits per heavy atom. The number of aromatic nitrogens is 2. The molecule has 1 aromatic heterocycles. The predicted molar refractivity (Wildman–Crippen MR) is 77.9 cm³/mol. The number of nitrogens with two attached hydrogens (primary N) is 1. The minimum Gasteiger partial charge on any atom is -0.272 e. The second-order valence-corrected chi connectivity index (χ2v) is 4.99. The van der Waals surface area contributed by atoms with Crippen LogP contribution in [0.25, 0.3) is 0 Å². The molecule has 1 heterocycles. The topological polar surface area (TPSA) is 55.9 Å². The largest absolute Gasteiger partial charge is 0.272 e. The summed E-state index contributed by atoms with van der Waals surface area (Å²) in [6.45, 7) is 5.01. The van der Waals surface area contributed by atoms with Crippen molar-refractivity contribution in [2.75, 3.05) is 0 Å². The van der Waals surface area contributed by atoms with E-state index in [1.165, 1.54) is 0 Å². The molecule has 0 aliphatic rings. The van der Waals surface area contributed by atoms with Gasteiger partial charge in [0.15, 0.2) is 0 Å². The Hall–Kier alpha value is -1.36. The van der Waals surface area contributed by atoms with Gasteiger partial charge in [0.05, 0.1) is 12.2 Å². The van der Waals surface area contributed by atoms with Crippen molar-refractivity contribution in [1.82, 2.24) is 15.2 Å². The molecular formula is C14H19ClN4. The van der Waals surface area contributed by atoms with Gasteiger partial charge in [-0.15, -0.1) is 0 Å². The summed E-state index contributed by atoms with van der Waals surface area (Å²) in [5.74, 6) is 5.69. The summed E-state index contributed by atoms with van der Waals surface area (Å²) < 4.78 is 1.92. The summed E-state index contributed by atoms with van der Waals surface area (Å²) in [6, 6.07) is 5.81. The van der Waals surface area contributed by atoms with E-state index in [2.05, 4.69) is 17.4 Å². The van der Waals surface area contributed by atoms with E-state index < -0.39 is 0 Å². The van der Waals surface area contributed by atoms with E-state index >= 15 is 0 Å². The van der Waals surface area contributed by atoms with Gasteiger partial charge in [0.25, 0.3) is 0 Å². The van der Waals surface area contributed by atoms with Crippen molar-refractivity contribution >= 4 is 11.6 Å². The highest BCUT2D eigenvalue weighted by Gasteiger charge is 2.18. The highest BCUT2D eigenvalue weighted by molar-refractivity contribution is 6.32. The van der Waals surface area contributed by atoms with Crippen molar-refractivity contribution in [1.29, 1.82) is 0 Å². The zero-order valence-corrected chi connectivity index (χ0v) is 12.0. The van der Waals surface area contributed by atoms with Crippen molar-refractivity contribution in [2.24, 2.45) is 5.84 Å². The zero-order valence-electron chi connectivity index (χ0n) is 11.2. The Balaban J connectivity index is 2.35. The van der Waals surface area contributed by atoms with Crippen molar-refractivity contribution in [3.8, 4) is 0 Å². The van der Waals surface area contributed by atoms with E-state index in [0.29, 0.717) is 0 Å². The standard InChI is InChI=1S/C14H19ClN4/c1-3-7-19-9-11(8-17-19)14(18-16)12-6-4-5-10(2)13(12)15/h4-6,8-9,14,18H,3,7,16H2,1-2H3. The van der Waals surface area contributed by atoms with Crippen LogP contribution in [0.15, 0.2) is 30.6 Å². The minimum atomic E-state index is -0.141. The molecule has 0 saturated heterocycles. The smallest absolute Gasteiger partial charge is 0.0755 e. The van der Waals surface area contributed by atoms with Gasteiger partial charge in [0, 0.05) is 23.3 Å². The van der Waals surface area contributed by atoms with Crippen LogP contribution in [-0.4, -0.2) is 9.78 Å². The fraction of sp³-hybridized carbons (Fsp3) is 0.357. The molecule has 19 heavy (non-hydrogen) atoms. The quantitative estimate of drug-likeness (QED) is 0.653. The summed E-state index contributed by atoms with van der Waals surface area (Å²) >= 11 is 6.36. The highest BCUT2D eigenvalue weighted by Crippen LogP contribution is 2.29. The molecule has 5 heteroatoms. The van der Waals surface area contributed by atoms with Crippen LogP contribution in [-0.2, 0) is 6.54 Å². The molecule has 0 radical (unpaired) electrons.